The smallest absolute Gasteiger partial charge is 0.288 e. The average molecular weight is 309 g/mol. The van der Waals surface area contributed by atoms with E-state index in [4.69, 9.17) is 11.6 Å². The summed E-state index contributed by atoms with van der Waals surface area (Å²) < 4.78 is 1.94. The Kier molecular flexibility index (Phi) is 4.80. The number of nitrogens with zero attached hydrogens (tertiary/aromatic N) is 3. The number of nitrogens with one attached hydrogen (secondary N) is 1. The third-order valence-corrected chi connectivity index (χ3v) is 3.49. The molecule has 0 amide bonds. The van der Waals surface area contributed by atoms with E-state index in [1.165, 1.54) is 6.07 Å². The van der Waals surface area contributed by atoms with Crippen molar-refractivity contribution >= 4 is 23.0 Å². The van der Waals surface area contributed by atoms with Crippen molar-refractivity contribution < 1.29 is 4.92 Å². The fourth-order valence-electron chi connectivity index (χ4n) is 2.11. The van der Waals surface area contributed by atoms with Crippen LogP contribution < -0.4 is 5.32 Å². The number of nitro groups is 1. The maximum Gasteiger partial charge on any atom is 0.288 e. The number of rotatable bonds is 6. The minimum Gasteiger partial charge on any atom is -0.379 e. The Hall–Kier alpha value is -2.08. The fraction of sp³-hybridized carbons (Fsp3) is 0.357. The standard InChI is InChI=1S/C14H17ClN4O2/c1-3-6-18-11(4-5-17-18)9-16-13-8-12(15)14(19(20)21)7-10(13)2/h4-5,7-8,16H,3,6,9H2,1-2H3. The lowest BCUT2D eigenvalue weighted by molar-refractivity contribution is -0.384. The van der Waals surface area contributed by atoms with E-state index in [0.29, 0.717) is 6.54 Å². The lowest BCUT2D eigenvalue weighted by Gasteiger charge is -2.11. The van der Waals surface area contributed by atoms with Crippen molar-refractivity contribution in [2.75, 3.05) is 5.32 Å². The van der Waals surface area contributed by atoms with Gasteiger partial charge in [0.15, 0.2) is 0 Å². The van der Waals surface area contributed by atoms with E-state index in [1.807, 2.05) is 17.7 Å². The van der Waals surface area contributed by atoms with Crippen molar-refractivity contribution in [2.24, 2.45) is 0 Å². The molecular formula is C14H17ClN4O2. The van der Waals surface area contributed by atoms with Gasteiger partial charge in [0.2, 0.25) is 0 Å². The third kappa shape index (κ3) is 3.52. The van der Waals surface area contributed by atoms with Crippen LogP contribution in [0.5, 0.6) is 0 Å². The Balaban J connectivity index is 2.15. The van der Waals surface area contributed by atoms with Crippen molar-refractivity contribution in [3.05, 3.63) is 50.8 Å². The van der Waals surface area contributed by atoms with Gasteiger partial charge in [0, 0.05) is 24.5 Å². The summed E-state index contributed by atoms with van der Waals surface area (Å²) in [7, 11) is 0. The molecule has 0 unspecified atom stereocenters. The summed E-state index contributed by atoms with van der Waals surface area (Å²) >= 11 is 5.94. The first kappa shape index (κ1) is 15.3. The second-order valence-electron chi connectivity index (χ2n) is 4.77. The lowest BCUT2D eigenvalue weighted by atomic mass is 10.1. The van der Waals surface area contributed by atoms with Gasteiger partial charge in [0.1, 0.15) is 5.02 Å². The Morgan fingerprint density at radius 3 is 2.90 bits per heavy atom. The number of nitro benzene ring substituents is 1. The summed E-state index contributed by atoms with van der Waals surface area (Å²) in [6.07, 6.45) is 2.78. The van der Waals surface area contributed by atoms with Crippen molar-refractivity contribution in [2.45, 2.75) is 33.4 Å². The molecule has 0 fully saturated rings. The van der Waals surface area contributed by atoms with E-state index in [9.17, 15) is 10.1 Å². The summed E-state index contributed by atoms with van der Waals surface area (Å²) in [5, 5.41) is 18.5. The highest BCUT2D eigenvalue weighted by atomic mass is 35.5. The van der Waals surface area contributed by atoms with E-state index < -0.39 is 4.92 Å². The van der Waals surface area contributed by atoms with Gasteiger partial charge in [0.25, 0.3) is 5.69 Å². The van der Waals surface area contributed by atoms with Crippen LogP contribution in [0, 0.1) is 17.0 Å². The van der Waals surface area contributed by atoms with Gasteiger partial charge in [-0.05, 0) is 31.0 Å². The molecular weight excluding hydrogens is 292 g/mol. The van der Waals surface area contributed by atoms with Crippen LogP contribution in [0.4, 0.5) is 11.4 Å². The number of benzene rings is 1. The van der Waals surface area contributed by atoms with E-state index in [0.717, 1.165) is 29.9 Å². The molecule has 0 aliphatic heterocycles. The van der Waals surface area contributed by atoms with Crippen LogP contribution in [-0.2, 0) is 13.1 Å². The zero-order chi connectivity index (χ0) is 15.4. The van der Waals surface area contributed by atoms with E-state index in [2.05, 4.69) is 17.3 Å². The largest absolute Gasteiger partial charge is 0.379 e. The van der Waals surface area contributed by atoms with Crippen LogP contribution in [0.15, 0.2) is 24.4 Å². The normalized spacial score (nSPS) is 10.6. The van der Waals surface area contributed by atoms with Gasteiger partial charge >= 0.3 is 0 Å². The van der Waals surface area contributed by atoms with Crippen molar-refractivity contribution in [3.63, 3.8) is 0 Å². The molecule has 0 atom stereocenters. The fourth-order valence-corrected chi connectivity index (χ4v) is 2.34. The van der Waals surface area contributed by atoms with Crippen LogP contribution in [0.2, 0.25) is 5.02 Å². The van der Waals surface area contributed by atoms with E-state index in [-0.39, 0.29) is 10.7 Å². The highest BCUT2D eigenvalue weighted by Crippen LogP contribution is 2.30. The number of hydrogen-bond donors (Lipinski definition) is 1. The monoisotopic (exact) mass is 308 g/mol. The Morgan fingerprint density at radius 1 is 1.48 bits per heavy atom. The first-order valence-electron chi connectivity index (χ1n) is 6.72. The number of aryl methyl sites for hydroxylation is 2. The average Bonchev–Trinajstić information content (AvgIpc) is 2.87. The summed E-state index contributed by atoms with van der Waals surface area (Å²) in [6.45, 7) is 5.37. The van der Waals surface area contributed by atoms with Crippen LogP contribution in [0.25, 0.3) is 0 Å². The first-order valence-corrected chi connectivity index (χ1v) is 7.09. The molecule has 6 nitrogen and oxygen atoms in total. The maximum atomic E-state index is 10.8. The van der Waals surface area contributed by atoms with E-state index in [1.54, 1.807) is 12.3 Å². The van der Waals surface area contributed by atoms with Crippen LogP contribution >= 0.6 is 11.6 Å². The summed E-state index contributed by atoms with van der Waals surface area (Å²) in [4.78, 5) is 10.4. The molecule has 0 saturated carbocycles. The molecule has 2 aromatic rings. The molecule has 1 aromatic heterocycles. The molecule has 1 N–H and O–H groups in total. The number of hydrogen-bond acceptors (Lipinski definition) is 4. The molecule has 1 aromatic carbocycles. The molecule has 1 heterocycles. The SMILES string of the molecule is CCCn1nccc1CNc1cc(Cl)c([N+](=O)[O-])cc1C. The Labute approximate surface area is 127 Å². The number of anilines is 1. The predicted molar refractivity (Wildman–Crippen MR) is 82.7 cm³/mol. The van der Waals surface area contributed by atoms with Gasteiger partial charge in [-0.15, -0.1) is 0 Å². The molecule has 0 saturated heterocycles. The summed E-state index contributed by atoms with van der Waals surface area (Å²) in [5.74, 6) is 0. The minimum atomic E-state index is -0.477. The predicted octanol–water partition coefficient (Wildman–Crippen LogP) is 3.78. The molecule has 0 aliphatic carbocycles. The molecule has 0 spiro atoms. The van der Waals surface area contributed by atoms with Gasteiger partial charge in [-0.3, -0.25) is 14.8 Å². The van der Waals surface area contributed by atoms with Gasteiger partial charge < -0.3 is 5.32 Å². The van der Waals surface area contributed by atoms with Crippen LogP contribution in [0.1, 0.15) is 24.6 Å². The van der Waals surface area contributed by atoms with Crippen LogP contribution in [-0.4, -0.2) is 14.7 Å². The molecule has 0 radical (unpaired) electrons. The van der Waals surface area contributed by atoms with E-state index >= 15 is 0 Å². The highest BCUT2D eigenvalue weighted by molar-refractivity contribution is 6.33. The first-order chi connectivity index (χ1) is 10.0. The van der Waals surface area contributed by atoms with Gasteiger partial charge in [-0.2, -0.15) is 5.10 Å². The highest BCUT2D eigenvalue weighted by Gasteiger charge is 2.15. The summed E-state index contributed by atoms with van der Waals surface area (Å²) in [6, 6.07) is 5.02. The van der Waals surface area contributed by atoms with Crippen molar-refractivity contribution in [1.82, 2.24) is 9.78 Å². The quantitative estimate of drug-likeness (QED) is 0.651. The zero-order valence-electron chi connectivity index (χ0n) is 12.0. The second kappa shape index (κ2) is 6.58. The molecule has 0 aliphatic rings. The van der Waals surface area contributed by atoms with Gasteiger partial charge in [-0.1, -0.05) is 18.5 Å². The van der Waals surface area contributed by atoms with Crippen molar-refractivity contribution in [3.8, 4) is 0 Å². The molecule has 112 valence electrons. The number of aromatic nitrogens is 2. The molecule has 7 heteroatoms. The van der Waals surface area contributed by atoms with Crippen LogP contribution in [0.3, 0.4) is 0 Å². The zero-order valence-corrected chi connectivity index (χ0v) is 12.7. The second-order valence-corrected chi connectivity index (χ2v) is 5.18. The third-order valence-electron chi connectivity index (χ3n) is 3.19. The number of halogens is 1. The topological polar surface area (TPSA) is 73.0 Å². The Morgan fingerprint density at radius 2 is 2.24 bits per heavy atom. The van der Waals surface area contributed by atoms with Gasteiger partial charge in [-0.25, -0.2) is 0 Å². The van der Waals surface area contributed by atoms with Gasteiger partial charge in [0.05, 0.1) is 17.2 Å². The van der Waals surface area contributed by atoms with Crippen molar-refractivity contribution in [1.29, 1.82) is 0 Å². The molecule has 0 bridgehead atoms. The minimum absolute atomic E-state index is 0.0734. The molecule has 2 rings (SSSR count). The summed E-state index contributed by atoms with van der Waals surface area (Å²) in [5.41, 5.74) is 2.56. The lowest BCUT2D eigenvalue weighted by Crippen LogP contribution is -2.09. The molecule has 21 heavy (non-hydrogen) atoms. The maximum absolute atomic E-state index is 10.8. The Bertz CT molecular complexity index is 654.